The second-order valence-electron chi connectivity index (χ2n) is 9.46. The normalized spacial score (nSPS) is 18.3. The molecule has 0 spiro atoms. The van der Waals surface area contributed by atoms with Crippen molar-refractivity contribution in [3.8, 4) is 0 Å². The third-order valence-corrected chi connectivity index (χ3v) is 7.94. The summed E-state index contributed by atoms with van der Waals surface area (Å²) in [7, 11) is -1.92. The summed E-state index contributed by atoms with van der Waals surface area (Å²) in [6, 6.07) is 14.7. The first-order valence-corrected chi connectivity index (χ1v) is 13.9. The van der Waals surface area contributed by atoms with Gasteiger partial charge >= 0.3 is 0 Å². The van der Waals surface area contributed by atoms with Crippen molar-refractivity contribution < 1.29 is 8.42 Å². The van der Waals surface area contributed by atoms with E-state index in [4.69, 9.17) is 4.98 Å². The molecule has 0 amide bonds. The Labute approximate surface area is 211 Å². The highest BCUT2D eigenvalue weighted by molar-refractivity contribution is 7.92. The molecular formula is C26H31N7O2S. The van der Waals surface area contributed by atoms with Gasteiger partial charge in [0.2, 0.25) is 16.0 Å². The summed E-state index contributed by atoms with van der Waals surface area (Å²) in [5, 5.41) is 7.73. The van der Waals surface area contributed by atoms with Gasteiger partial charge in [0.1, 0.15) is 11.5 Å². The number of nitrogens with zero attached hydrogens (tertiary/aromatic N) is 5. The second-order valence-corrected chi connectivity index (χ2v) is 11.5. The number of pyridine rings is 1. The number of anilines is 3. The number of benzene rings is 1. The number of rotatable bonds is 7. The van der Waals surface area contributed by atoms with E-state index in [1.54, 1.807) is 18.5 Å². The first-order valence-electron chi connectivity index (χ1n) is 12.1. The van der Waals surface area contributed by atoms with Gasteiger partial charge in [0.15, 0.2) is 0 Å². The van der Waals surface area contributed by atoms with E-state index in [1.165, 1.54) is 23.2 Å². The Morgan fingerprint density at radius 2 is 1.97 bits per heavy atom. The first kappa shape index (κ1) is 24.2. The van der Waals surface area contributed by atoms with E-state index < -0.39 is 10.0 Å². The lowest BCUT2D eigenvalue weighted by Gasteiger charge is -2.28. The molecule has 2 unspecified atom stereocenters. The van der Waals surface area contributed by atoms with Gasteiger partial charge in [-0.25, -0.2) is 18.4 Å². The summed E-state index contributed by atoms with van der Waals surface area (Å²) >= 11 is 0. The Morgan fingerprint density at radius 3 is 2.72 bits per heavy atom. The smallest absolute Gasteiger partial charge is 0.233 e. The van der Waals surface area contributed by atoms with Gasteiger partial charge < -0.3 is 15.2 Å². The number of aromatic nitrogens is 4. The molecule has 2 atom stereocenters. The summed E-state index contributed by atoms with van der Waals surface area (Å²) < 4.78 is 27.4. The van der Waals surface area contributed by atoms with Crippen LogP contribution in [0.5, 0.6) is 0 Å². The maximum atomic E-state index is 12.1. The summed E-state index contributed by atoms with van der Waals surface area (Å²) in [4.78, 5) is 13.5. The standard InChI is InChI=1S/C26H31N7O2S/c1-18-15-20(10-13-27-18)19-6-8-23(9-7-19)30-26-29-16-21-11-14-33(25(21)31-26)17-22-5-4-12-28-24(22)32(2)36(3,34)35/h4-9,11-12,14,16,18,20,27H,10,13,15,17H2,1-3H3,(H,29,30,31). The fraction of sp³-hybridized carbons (Fsp3) is 0.346. The van der Waals surface area contributed by atoms with Crippen LogP contribution in [-0.2, 0) is 16.6 Å². The van der Waals surface area contributed by atoms with Gasteiger partial charge in [0.05, 0.1) is 12.8 Å². The van der Waals surface area contributed by atoms with Gasteiger partial charge in [0, 0.05) is 48.3 Å². The SMILES string of the molecule is CC1CC(c2ccc(Nc3ncc4ccn(Cc5cccnc5N(C)S(C)(=O)=O)c4n3)cc2)CCN1. The molecule has 4 heterocycles. The van der Waals surface area contributed by atoms with Gasteiger partial charge in [-0.1, -0.05) is 18.2 Å². The van der Waals surface area contributed by atoms with Gasteiger partial charge in [-0.05, 0) is 62.1 Å². The quantitative estimate of drug-likeness (QED) is 0.393. The predicted octanol–water partition coefficient (Wildman–Crippen LogP) is 3.87. The molecule has 4 aromatic rings. The zero-order valence-corrected chi connectivity index (χ0v) is 21.5. The molecule has 0 aliphatic carbocycles. The van der Waals surface area contributed by atoms with Crippen LogP contribution in [0.4, 0.5) is 17.5 Å². The first-order chi connectivity index (χ1) is 17.3. The van der Waals surface area contributed by atoms with Crippen LogP contribution in [0.15, 0.2) is 61.1 Å². The molecule has 3 aromatic heterocycles. The number of hydrogen-bond acceptors (Lipinski definition) is 7. The van der Waals surface area contributed by atoms with Gasteiger partial charge in [-0.2, -0.15) is 4.98 Å². The van der Waals surface area contributed by atoms with Crippen molar-refractivity contribution in [1.29, 1.82) is 0 Å². The lowest BCUT2D eigenvalue weighted by molar-refractivity contribution is 0.381. The van der Waals surface area contributed by atoms with Gasteiger partial charge in [-0.15, -0.1) is 0 Å². The molecule has 2 N–H and O–H groups in total. The number of piperidine rings is 1. The van der Waals surface area contributed by atoms with E-state index in [1.807, 2.05) is 22.9 Å². The van der Waals surface area contributed by atoms with Crippen LogP contribution >= 0.6 is 0 Å². The molecule has 9 nitrogen and oxygen atoms in total. The number of nitrogens with one attached hydrogen (secondary N) is 2. The molecule has 1 aromatic carbocycles. The Hall–Kier alpha value is -3.50. The molecule has 188 valence electrons. The summed E-state index contributed by atoms with van der Waals surface area (Å²) in [6.45, 7) is 3.72. The van der Waals surface area contributed by atoms with Crippen LogP contribution in [0.3, 0.4) is 0 Å². The Kier molecular flexibility index (Phi) is 6.63. The van der Waals surface area contributed by atoms with Crippen molar-refractivity contribution in [2.24, 2.45) is 0 Å². The van der Waals surface area contributed by atoms with E-state index in [2.05, 4.69) is 51.8 Å². The molecular weight excluding hydrogens is 474 g/mol. The third-order valence-electron chi connectivity index (χ3n) is 6.77. The molecule has 36 heavy (non-hydrogen) atoms. The molecule has 0 saturated carbocycles. The number of hydrogen-bond donors (Lipinski definition) is 2. The van der Waals surface area contributed by atoms with E-state index in [0.717, 1.165) is 41.7 Å². The second kappa shape index (κ2) is 9.87. The highest BCUT2D eigenvalue weighted by Gasteiger charge is 2.20. The molecule has 0 bridgehead atoms. The maximum Gasteiger partial charge on any atom is 0.233 e. The van der Waals surface area contributed by atoms with Crippen LogP contribution in [0.2, 0.25) is 0 Å². The topological polar surface area (TPSA) is 105 Å². The van der Waals surface area contributed by atoms with Crippen LogP contribution < -0.4 is 14.9 Å². The van der Waals surface area contributed by atoms with Crippen molar-refractivity contribution >= 4 is 38.5 Å². The molecule has 10 heteroatoms. The minimum Gasteiger partial charge on any atom is -0.328 e. The molecule has 1 aliphatic rings. The summed E-state index contributed by atoms with van der Waals surface area (Å²) in [6.07, 6.45) is 8.79. The molecule has 1 aliphatic heterocycles. The molecule has 1 saturated heterocycles. The monoisotopic (exact) mass is 505 g/mol. The van der Waals surface area contributed by atoms with Crippen molar-refractivity contribution in [1.82, 2.24) is 24.8 Å². The predicted molar refractivity (Wildman–Crippen MR) is 143 cm³/mol. The number of fused-ring (bicyclic) bond motifs is 1. The molecule has 1 fully saturated rings. The van der Waals surface area contributed by atoms with E-state index >= 15 is 0 Å². The Morgan fingerprint density at radius 1 is 1.17 bits per heavy atom. The van der Waals surface area contributed by atoms with E-state index in [-0.39, 0.29) is 0 Å². The number of sulfonamides is 1. The van der Waals surface area contributed by atoms with Crippen LogP contribution in [0, 0.1) is 0 Å². The van der Waals surface area contributed by atoms with E-state index in [0.29, 0.717) is 30.3 Å². The van der Waals surface area contributed by atoms with Crippen LogP contribution in [-0.4, -0.2) is 53.8 Å². The highest BCUT2D eigenvalue weighted by Crippen LogP contribution is 2.29. The zero-order chi connectivity index (χ0) is 25.3. The average molecular weight is 506 g/mol. The zero-order valence-electron chi connectivity index (χ0n) is 20.7. The van der Waals surface area contributed by atoms with Gasteiger partial charge in [0.25, 0.3) is 0 Å². The van der Waals surface area contributed by atoms with Crippen molar-refractivity contribution in [3.63, 3.8) is 0 Å². The highest BCUT2D eigenvalue weighted by atomic mass is 32.2. The molecule has 5 rings (SSSR count). The van der Waals surface area contributed by atoms with Crippen LogP contribution in [0.1, 0.15) is 36.8 Å². The lowest BCUT2D eigenvalue weighted by atomic mass is 9.87. The van der Waals surface area contributed by atoms with Crippen molar-refractivity contribution in [3.05, 3.63) is 72.2 Å². The summed E-state index contributed by atoms with van der Waals surface area (Å²) in [5.41, 5.74) is 3.83. The molecule has 0 radical (unpaired) electrons. The van der Waals surface area contributed by atoms with Crippen LogP contribution in [0.25, 0.3) is 11.0 Å². The van der Waals surface area contributed by atoms with Crippen molar-refractivity contribution in [2.45, 2.75) is 38.3 Å². The minimum atomic E-state index is -3.43. The average Bonchev–Trinajstić information content (AvgIpc) is 3.26. The van der Waals surface area contributed by atoms with Crippen molar-refractivity contribution in [2.75, 3.05) is 29.5 Å². The Bertz CT molecular complexity index is 1470. The Balaban J connectivity index is 1.36. The third kappa shape index (κ3) is 5.19. The minimum absolute atomic E-state index is 0.400. The maximum absolute atomic E-state index is 12.1. The largest absolute Gasteiger partial charge is 0.328 e. The lowest BCUT2D eigenvalue weighted by Crippen LogP contribution is -2.34. The summed E-state index contributed by atoms with van der Waals surface area (Å²) in [5.74, 6) is 1.49. The van der Waals surface area contributed by atoms with E-state index in [9.17, 15) is 8.42 Å². The fourth-order valence-electron chi connectivity index (χ4n) is 4.74. The fourth-order valence-corrected chi connectivity index (χ4v) is 5.22. The van der Waals surface area contributed by atoms with Gasteiger partial charge in [-0.3, -0.25) is 4.31 Å².